The molecule has 0 spiro atoms. The van der Waals surface area contributed by atoms with Gasteiger partial charge in [0.05, 0.1) is 6.10 Å². The van der Waals surface area contributed by atoms with Gasteiger partial charge in [-0.15, -0.1) is 0 Å². The Bertz CT molecular complexity index is 400. The number of fused-ring (bicyclic) bond motifs is 1. The first kappa shape index (κ1) is 11.9. The summed E-state index contributed by atoms with van der Waals surface area (Å²) in [4.78, 5) is 11.8. The van der Waals surface area contributed by atoms with Crippen molar-refractivity contribution < 1.29 is 19.0 Å². The van der Waals surface area contributed by atoms with E-state index in [1.165, 1.54) is 0 Å². The summed E-state index contributed by atoms with van der Waals surface area (Å²) in [5.74, 6) is 1.20. The van der Waals surface area contributed by atoms with E-state index in [0.717, 1.165) is 0 Å². The highest BCUT2D eigenvalue weighted by Crippen LogP contribution is 2.30. The van der Waals surface area contributed by atoms with Gasteiger partial charge in [-0.1, -0.05) is 12.1 Å². The summed E-state index contributed by atoms with van der Waals surface area (Å²) in [6.45, 7) is 4.09. The van der Waals surface area contributed by atoms with Crippen molar-refractivity contribution in [3.8, 4) is 11.5 Å². The van der Waals surface area contributed by atoms with Gasteiger partial charge in [0, 0.05) is 0 Å². The first-order valence-corrected chi connectivity index (χ1v) is 5.69. The van der Waals surface area contributed by atoms with Crippen molar-refractivity contribution in [3.63, 3.8) is 0 Å². The minimum atomic E-state index is -0.566. The van der Waals surface area contributed by atoms with Crippen LogP contribution >= 0.6 is 0 Å². The maximum absolute atomic E-state index is 11.8. The second-order valence-electron chi connectivity index (χ2n) is 4.19. The van der Waals surface area contributed by atoms with Crippen molar-refractivity contribution in [2.75, 3.05) is 13.2 Å². The average molecular weight is 236 g/mol. The molecular formula is C13H16O4. The van der Waals surface area contributed by atoms with Crippen molar-refractivity contribution in [1.29, 1.82) is 0 Å². The third-order valence-corrected chi connectivity index (χ3v) is 2.43. The predicted octanol–water partition coefficient (Wildman–Crippen LogP) is 1.82. The minimum absolute atomic E-state index is 0.0377. The molecule has 1 unspecified atom stereocenters. The SMILES string of the molecule is CC(C)OCC(=O)C1COc2ccccc2O1. The lowest BCUT2D eigenvalue weighted by molar-refractivity contribution is -0.134. The molecule has 92 valence electrons. The maximum Gasteiger partial charge on any atom is 0.202 e. The van der Waals surface area contributed by atoms with E-state index in [1.807, 2.05) is 32.0 Å². The van der Waals surface area contributed by atoms with Crippen LogP contribution in [0, 0.1) is 0 Å². The summed E-state index contributed by atoms with van der Waals surface area (Å²) in [5, 5.41) is 0. The van der Waals surface area contributed by atoms with Crippen LogP contribution in [0.5, 0.6) is 11.5 Å². The van der Waals surface area contributed by atoms with Crippen LogP contribution in [0.2, 0.25) is 0 Å². The van der Waals surface area contributed by atoms with Gasteiger partial charge < -0.3 is 14.2 Å². The van der Waals surface area contributed by atoms with E-state index in [4.69, 9.17) is 14.2 Å². The van der Waals surface area contributed by atoms with Crippen LogP contribution in [0.4, 0.5) is 0 Å². The summed E-state index contributed by atoms with van der Waals surface area (Å²) >= 11 is 0. The molecule has 1 aliphatic heterocycles. The van der Waals surface area contributed by atoms with Crippen molar-refractivity contribution in [2.24, 2.45) is 0 Å². The molecule has 0 amide bonds. The largest absolute Gasteiger partial charge is 0.485 e. The van der Waals surface area contributed by atoms with Crippen molar-refractivity contribution in [3.05, 3.63) is 24.3 Å². The monoisotopic (exact) mass is 236 g/mol. The highest BCUT2D eigenvalue weighted by atomic mass is 16.6. The predicted molar refractivity (Wildman–Crippen MR) is 62.4 cm³/mol. The summed E-state index contributed by atoms with van der Waals surface area (Å²) in [6, 6.07) is 7.32. The highest BCUT2D eigenvalue weighted by Gasteiger charge is 2.27. The van der Waals surface area contributed by atoms with Crippen LogP contribution in [0.1, 0.15) is 13.8 Å². The Morgan fingerprint density at radius 1 is 1.41 bits per heavy atom. The van der Waals surface area contributed by atoms with Gasteiger partial charge in [-0.3, -0.25) is 4.79 Å². The number of hydrogen-bond acceptors (Lipinski definition) is 4. The normalized spacial score (nSPS) is 18.2. The molecule has 0 saturated carbocycles. The van der Waals surface area contributed by atoms with E-state index in [0.29, 0.717) is 11.5 Å². The molecule has 4 nitrogen and oxygen atoms in total. The number of carbonyl (C=O) groups is 1. The highest BCUT2D eigenvalue weighted by molar-refractivity contribution is 5.85. The number of benzene rings is 1. The standard InChI is InChI=1S/C13H16O4/c1-9(2)15-7-10(14)13-8-16-11-5-3-4-6-12(11)17-13/h3-6,9,13H,7-8H2,1-2H3. The van der Waals surface area contributed by atoms with Crippen LogP contribution in [0.25, 0.3) is 0 Å². The molecule has 1 aromatic rings. The quantitative estimate of drug-likeness (QED) is 0.800. The third-order valence-electron chi connectivity index (χ3n) is 2.43. The first-order valence-electron chi connectivity index (χ1n) is 5.69. The molecule has 0 aromatic heterocycles. The minimum Gasteiger partial charge on any atom is -0.485 e. The lowest BCUT2D eigenvalue weighted by atomic mass is 10.2. The fraction of sp³-hybridized carbons (Fsp3) is 0.462. The lowest BCUT2D eigenvalue weighted by Gasteiger charge is -2.25. The molecule has 0 saturated heterocycles. The van der Waals surface area contributed by atoms with Gasteiger partial charge in [0.15, 0.2) is 17.6 Å². The molecule has 0 radical (unpaired) electrons. The Morgan fingerprint density at radius 3 is 2.82 bits per heavy atom. The zero-order chi connectivity index (χ0) is 12.3. The molecule has 0 N–H and O–H groups in total. The fourth-order valence-electron chi connectivity index (χ4n) is 1.52. The second kappa shape index (κ2) is 5.19. The number of carbonyl (C=O) groups excluding carboxylic acids is 1. The first-order chi connectivity index (χ1) is 8.16. The molecule has 4 heteroatoms. The number of ketones is 1. The molecule has 2 rings (SSSR count). The van der Waals surface area contributed by atoms with Crippen molar-refractivity contribution in [1.82, 2.24) is 0 Å². The van der Waals surface area contributed by atoms with Gasteiger partial charge in [-0.2, -0.15) is 0 Å². The Hall–Kier alpha value is -1.55. The zero-order valence-corrected chi connectivity index (χ0v) is 10.0. The Labute approximate surface area is 100 Å². The van der Waals surface area contributed by atoms with Crippen molar-refractivity contribution in [2.45, 2.75) is 26.1 Å². The van der Waals surface area contributed by atoms with Crippen molar-refractivity contribution >= 4 is 5.78 Å². The third kappa shape index (κ3) is 2.97. The van der Waals surface area contributed by atoms with Crippen LogP contribution < -0.4 is 9.47 Å². The molecule has 17 heavy (non-hydrogen) atoms. The molecule has 1 aromatic carbocycles. The van der Waals surface area contributed by atoms with E-state index in [2.05, 4.69) is 0 Å². The molecular weight excluding hydrogens is 220 g/mol. The maximum atomic E-state index is 11.8. The topological polar surface area (TPSA) is 44.8 Å². The molecule has 0 fully saturated rings. The number of ether oxygens (including phenoxy) is 3. The second-order valence-corrected chi connectivity index (χ2v) is 4.19. The van der Waals surface area contributed by atoms with Gasteiger partial charge in [0.2, 0.25) is 5.78 Å². The van der Waals surface area contributed by atoms with Gasteiger partial charge in [0.1, 0.15) is 13.2 Å². The molecule has 1 heterocycles. The van der Waals surface area contributed by atoms with Crippen LogP contribution in [-0.2, 0) is 9.53 Å². The number of hydrogen-bond donors (Lipinski definition) is 0. The van der Waals surface area contributed by atoms with Gasteiger partial charge in [-0.25, -0.2) is 0 Å². The fourth-order valence-corrected chi connectivity index (χ4v) is 1.52. The van der Waals surface area contributed by atoms with E-state index >= 15 is 0 Å². The van der Waals surface area contributed by atoms with E-state index in [1.54, 1.807) is 6.07 Å². The van der Waals surface area contributed by atoms with Crippen LogP contribution in [-0.4, -0.2) is 31.2 Å². The Kier molecular flexibility index (Phi) is 3.64. The molecule has 0 bridgehead atoms. The number of rotatable bonds is 4. The Morgan fingerprint density at radius 2 is 2.12 bits per heavy atom. The molecule has 1 atom stereocenters. The van der Waals surface area contributed by atoms with Crippen LogP contribution in [0.15, 0.2) is 24.3 Å². The molecule has 0 aliphatic carbocycles. The number of Topliss-reactive ketones (excluding diaryl/α,β-unsaturated/α-hetero) is 1. The van der Waals surface area contributed by atoms with E-state index in [9.17, 15) is 4.79 Å². The molecule has 1 aliphatic rings. The summed E-state index contributed by atoms with van der Waals surface area (Å²) in [5.41, 5.74) is 0. The van der Waals surface area contributed by atoms with Crippen LogP contribution in [0.3, 0.4) is 0 Å². The van der Waals surface area contributed by atoms with E-state index in [-0.39, 0.29) is 25.1 Å². The van der Waals surface area contributed by atoms with Gasteiger partial charge >= 0.3 is 0 Å². The van der Waals surface area contributed by atoms with Gasteiger partial charge in [-0.05, 0) is 26.0 Å². The zero-order valence-electron chi connectivity index (χ0n) is 10.0. The smallest absolute Gasteiger partial charge is 0.202 e. The van der Waals surface area contributed by atoms with Gasteiger partial charge in [0.25, 0.3) is 0 Å². The summed E-state index contributed by atoms with van der Waals surface area (Å²) in [6.07, 6.45) is -0.528. The Balaban J connectivity index is 1.95. The van der Waals surface area contributed by atoms with E-state index < -0.39 is 6.10 Å². The number of para-hydroxylation sites is 2. The lowest BCUT2D eigenvalue weighted by Crippen LogP contribution is -2.39. The summed E-state index contributed by atoms with van der Waals surface area (Å²) < 4.78 is 16.3. The summed E-state index contributed by atoms with van der Waals surface area (Å²) in [7, 11) is 0. The average Bonchev–Trinajstić information content (AvgIpc) is 2.35.